The van der Waals surface area contributed by atoms with E-state index >= 15 is 0 Å². The molecule has 2 aromatic carbocycles. The van der Waals surface area contributed by atoms with E-state index in [4.69, 9.17) is 0 Å². The Morgan fingerprint density at radius 1 is 1.04 bits per heavy atom. The first-order valence-corrected chi connectivity index (χ1v) is 9.91. The van der Waals surface area contributed by atoms with Gasteiger partial charge in [0.15, 0.2) is 0 Å². The molecule has 0 spiro atoms. The van der Waals surface area contributed by atoms with Gasteiger partial charge in [-0.3, -0.25) is 4.79 Å². The molecule has 1 aliphatic heterocycles. The second-order valence-corrected chi connectivity index (χ2v) is 7.09. The molecule has 0 N–H and O–H groups in total. The molecular formula is C24H25N3O. The van der Waals surface area contributed by atoms with Crippen molar-refractivity contribution in [2.45, 2.75) is 26.3 Å². The quantitative estimate of drug-likeness (QED) is 0.645. The van der Waals surface area contributed by atoms with Crippen LogP contribution in [0.15, 0.2) is 72.9 Å². The zero-order valence-corrected chi connectivity index (χ0v) is 16.2. The maximum atomic E-state index is 12.9. The average Bonchev–Trinajstić information content (AvgIpc) is 2.77. The van der Waals surface area contributed by atoms with E-state index in [1.54, 1.807) is 0 Å². The first-order valence-electron chi connectivity index (χ1n) is 9.91. The van der Waals surface area contributed by atoms with Crippen LogP contribution in [0.3, 0.4) is 0 Å². The summed E-state index contributed by atoms with van der Waals surface area (Å²) in [7, 11) is 0. The number of rotatable bonds is 5. The summed E-state index contributed by atoms with van der Waals surface area (Å²) in [5.74, 6) is -0.0306. The molecule has 0 radical (unpaired) electrons. The van der Waals surface area contributed by atoms with Crippen molar-refractivity contribution in [3.05, 3.63) is 89.7 Å². The molecule has 0 atom stereocenters. The van der Waals surface area contributed by atoms with Gasteiger partial charge in [-0.1, -0.05) is 48.5 Å². The van der Waals surface area contributed by atoms with Crippen molar-refractivity contribution in [2.24, 2.45) is 0 Å². The highest BCUT2D eigenvalue weighted by Gasteiger charge is 2.20. The highest BCUT2D eigenvalue weighted by molar-refractivity contribution is 5.92. The Morgan fingerprint density at radius 3 is 2.57 bits per heavy atom. The summed E-state index contributed by atoms with van der Waals surface area (Å²) in [6.07, 6.45) is 4.06. The van der Waals surface area contributed by atoms with Crippen molar-refractivity contribution in [3.8, 4) is 0 Å². The van der Waals surface area contributed by atoms with E-state index in [0.717, 1.165) is 30.6 Å². The molecule has 1 amide bonds. The molecule has 4 nitrogen and oxygen atoms in total. The van der Waals surface area contributed by atoms with Crippen LogP contribution in [0.4, 0.5) is 11.4 Å². The summed E-state index contributed by atoms with van der Waals surface area (Å²) in [5.41, 5.74) is 5.27. The fourth-order valence-electron chi connectivity index (χ4n) is 3.77. The van der Waals surface area contributed by atoms with E-state index in [0.29, 0.717) is 18.8 Å². The largest absolute Gasteiger partial charge is 0.340 e. The molecule has 4 heteroatoms. The topological polar surface area (TPSA) is 36.4 Å². The Hall–Kier alpha value is -3.14. The highest BCUT2D eigenvalue weighted by Crippen LogP contribution is 2.32. The SMILES string of the molecule is CCN(Cc1ccccc1)C(=O)c1ccc(N2CCCc3ccccc32)cn1. The lowest BCUT2D eigenvalue weighted by Crippen LogP contribution is -2.31. The molecule has 2 heterocycles. The summed E-state index contributed by atoms with van der Waals surface area (Å²) in [5, 5.41) is 0. The van der Waals surface area contributed by atoms with E-state index in [-0.39, 0.29) is 5.91 Å². The monoisotopic (exact) mass is 371 g/mol. The van der Waals surface area contributed by atoms with Gasteiger partial charge in [0.05, 0.1) is 11.9 Å². The lowest BCUT2D eigenvalue weighted by molar-refractivity contribution is 0.0746. The second kappa shape index (κ2) is 8.26. The number of anilines is 2. The van der Waals surface area contributed by atoms with Crippen molar-refractivity contribution in [2.75, 3.05) is 18.0 Å². The fourth-order valence-corrected chi connectivity index (χ4v) is 3.77. The van der Waals surface area contributed by atoms with E-state index in [2.05, 4.69) is 34.1 Å². The molecule has 0 bridgehead atoms. The molecule has 0 aliphatic carbocycles. The van der Waals surface area contributed by atoms with Gasteiger partial charge in [0.2, 0.25) is 0 Å². The molecule has 28 heavy (non-hydrogen) atoms. The number of amides is 1. The predicted octanol–water partition coefficient (Wildman–Crippen LogP) is 4.83. The lowest BCUT2D eigenvalue weighted by atomic mass is 10.0. The van der Waals surface area contributed by atoms with Crippen LogP contribution in [0.25, 0.3) is 0 Å². The third-order valence-electron chi connectivity index (χ3n) is 5.27. The molecule has 1 aromatic heterocycles. The number of nitrogens with zero attached hydrogens (tertiary/aromatic N) is 3. The number of para-hydroxylation sites is 1. The Morgan fingerprint density at radius 2 is 1.82 bits per heavy atom. The molecule has 142 valence electrons. The Bertz CT molecular complexity index is 938. The van der Waals surface area contributed by atoms with Crippen molar-refractivity contribution in [1.82, 2.24) is 9.88 Å². The van der Waals surface area contributed by atoms with Crippen molar-refractivity contribution in [1.29, 1.82) is 0 Å². The number of aromatic nitrogens is 1. The lowest BCUT2D eigenvalue weighted by Gasteiger charge is -2.31. The summed E-state index contributed by atoms with van der Waals surface area (Å²) in [6, 6.07) is 22.4. The third kappa shape index (κ3) is 3.77. The van der Waals surface area contributed by atoms with Crippen LogP contribution in [-0.2, 0) is 13.0 Å². The first-order chi connectivity index (χ1) is 13.8. The fraction of sp³-hybridized carbons (Fsp3) is 0.250. The van der Waals surface area contributed by atoms with Crippen LogP contribution < -0.4 is 4.90 Å². The molecule has 0 fully saturated rings. The Kier molecular flexibility index (Phi) is 5.38. The number of fused-ring (bicyclic) bond motifs is 1. The molecule has 1 aliphatic rings. The van der Waals surface area contributed by atoms with Gasteiger partial charge >= 0.3 is 0 Å². The van der Waals surface area contributed by atoms with Crippen LogP contribution in [0.1, 0.15) is 35.0 Å². The molecule has 0 unspecified atom stereocenters. The van der Waals surface area contributed by atoms with Crippen molar-refractivity contribution >= 4 is 17.3 Å². The van der Waals surface area contributed by atoms with Crippen LogP contribution >= 0.6 is 0 Å². The van der Waals surface area contributed by atoms with Gasteiger partial charge in [0.1, 0.15) is 5.69 Å². The highest BCUT2D eigenvalue weighted by atomic mass is 16.2. The number of hydrogen-bond donors (Lipinski definition) is 0. The number of carbonyl (C=O) groups excluding carboxylic acids is 1. The van der Waals surface area contributed by atoms with Crippen LogP contribution in [0.5, 0.6) is 0 Å². The van der Waals surface area contributed by atoms with Crippen LogP contribution in [-0.4, -0.2) is 28.9 Å². The maximum Gasteiger partial charge on any atom is 0.272 e. The van der Waals surface area contributed by atoms with E-state index < -0.39 is 0 Å². The number of carbonyl (C=O) groups is 1. The minimum absolute atomic E-state index is 0.0306. The van der Waals surface area contributed by atoms with Gasteiger partial charge in [0.25, 0.3) is 5.91 Å². The maximum absolute atomic E-state index is 12.9. The van der Waals surface area contributed by atoms with Crippen molar-refractivity contribution in [3.63, 3.8) is 0 Å². The van der Waals surface area contributed by atoms with Gasteiger partial charge in [-0.2, -0.15) is 0 Å². The molecule has 0 saturated heterocycles. The molecular weight excluding hydrogens is 346 g/mol. The Labute approximate surface area is 166 Å². The van der Waals surface area contributed by atoms with Gasteiger partial charge in [0, 0.05) is 25.3 Å². The van der Waals surface area contributed by atoms with Crippen LogP contribution in [0.2, 0.25) is 0 Å². The summed E-state index contributed by atoms with van der Waals surface area (Å²) >= 11 is 0. The summed E-state index contributed by atoms with van der Waals surface area (Å²) in [6.45, 7) is 4.22. The smallest absolute Gasteiger partial charge is 0.272 e. The Balaban J connectivity index is 1.52. The standard InChI is InChI=1S/C24H25N3O/c1-2-26(18-19-9-4-3-5-10-19)24(28)22-15-14-21(17-25-22)27-16-8-12-20-11-6-7-13-23(20)27/h3-7,9-11,13-15,17H,2,8,12,16,18H2,1H3. The number of pyridine rings is 1. The molecule has 3 aromatic rings. The zero-order valence-electron chi connectivity index (χ0n) is 16.2. The normalized spacial score (nSPS) is 13.1. The average molecular weight is 371 g/mol. The summed E-state index contributed by atoms with van der Waals surface area (Å²) in [4.78, 5) is 21.5. The number of aryl methyl sites for hydroxylation is 1. The first kappa shape index (κ1) is 18.2. The van der Waals surface area contributed by atoms with Crippen molar-refractivity contribution < 1.29 is 4.79 Å². The van der Waals surface area contributed by atoms with Gasteiger partial charge < -0.3 is 9.80 Å². The van der Waals surface area contributed by atoms with Gasteiger partial charge in [-0.05, 0) is 49.1 Å². The summed E-state index contributed by atoms with van der Waals surface area (Å²) < 4.78 is 0. The number of hydrogen-bond acceptors (Lipinski definition) is 3. The van der Waals surface area contributed by atoms with Gasteiger partial charge in [-0.25, -0.2) is 4.98 Å². The van der Waals surface area contributed by atoms with E-state index in [1.807, 2.05) is 60.5 Å². The van der Waals surface area contributed by atoms with Gasteiger partial charge in [-0.15, -0.1) is 0 Å². The van der Waals surface area contributed by atoms with Crippen LogP contribution in [0, 0.1) is 0 Å². The second-order valence-electron chi connectivity index (χ2n) is 7.09. The minimum atomic E-state index is -0.0306. The number of benzene rings is 2. The van der Waals surface area contributed by atoms with E-state index in [9.17, 15) is 4.79 Å². The third-order valence-corrected chi connectivity index (χ3v) is 5.27. The van der Waals surface area contributed by atoms with E-state index in [1.165, 1.54) is 11.3 Å². The predicted molar refractivity (Wildman–Crippen MR) is 113 cm³/mol. The minimum Gasteiger partial charge on any atom is -0.340 e. The molecule has 0 saturated carbocycles. The zero-order chi connectivity index (χ0) is 19.3. The molecule has 4 rings (SSSR count).